The summed E-state index contributed by atoms with van der Waals surface area (Å²) in [7, 11) is 0. The molecule has 2 aromatic carbocycles. The number of esters is 1. The highest BCUT2D eigenvalue weighted by Gasteiger charge is 2.17. The molecule has 0 saturated heterocycles. The number of nitrogens with zero attached hydrogens (tertiary/aromatic N) is 1. The van der Waals surface area contributed by atoms with Crippen molar-refractivity contribution in [3.8, 4) is 11.5 Å². The number of urea groups is 1. The lowest BCUT2D eigenvalue weighted by Gasteiger charge is -2.19. The first-order valence-electron chi connectivity index (χ1n) is 9.24. The SMILES string of the molecule is O=C(COC(=O)c1cc2cc([N+](=O)[O-])ccc2s1)NC(=O)Nc1ccc2c(c1)OCCO2. The van der Waals surface area contributed by atoms with Crippen molar-refractivity contribution in [2.45, 2.75) is 0 Å². The Hall–Kier alpha value is -4.19. The Labute approximate surface area is 184 Å². The van der Waals surface area contributed by atoms with Crippen molar-refractivity contribution >= 4 is 50.7 Å². The second kappa shape index (κ2) is 8.89. The molecule has 0 spiro atoms. The molecule has 1 aromatic heterocycles. The molecule has 0 aliphatic carbocycles. The molecule has 11 nitrogen and oxygen atoms in total. The molecular weight excluding hydrogens is 442 g/mol. The summed E-state index contributed by atoms with van der Waals surface area (Å²) >= 11 is 1.07. The van der Waals surface area contributed by atoms with Crippen LogP contribution in [0.4, 0.5) is 16.2 Å². The van der Waals surface area contributed by atoms with Gasteiger partial charge in [0.15, 0.2) is 18.1 Å². The van der Waals surface area contributed by atoms with Gasteiger partial charge in [0.1, 0.15) is 18.1 Å². The molecule has 4 rings (SSSR count). The number of nitrogens with one attached hydrogen (secondary N) is 2. The molecule has 2 heterocycles. The molecule has 164 valence electrons. The van der Waals surface area contributed by atoms with E-state index in [-0.39, 0.29) is 10.6 Å². The zero-order valence-electron chi connectivity index (χ0n) is 16.3. The van der Waals surface area contributed by atoms with Gasteiger partial charge in [0, 0.05) is 34.0 Å². The molecule has 1 aliphatic heterocycles. The molecular formula is C20H15N3O8S. The number of imide groups is 1. The van der Waals surface area contributed by atoms with E-state index in [2.05, 4.69) is 10.6 Å². The number of amides is 3. The number of fused-ring (bicyclic) bond motifs is 2. The molecule has 0 radical (unpaired) electrons. The zero-order valence-corrected chi connectivity index (χ0v) is 17.1. The van der Waals surface area contributed by atoms with Crippen molar-refractivity contribution in [2.24, 2.45) is 0 Å². The second-order valence-electron chi connectivity index (χ2n) is 6.53. The molecule has 1 aliphatic rings. The highest BCUT2D eigenvalue weighted by atomic mass is 32.1. The molecule has 32 heavy (non-hydrogen) atoms. The predicted molar refractivity (Wildman–Crippen MR) is 113 cm³/mol. The van der Waals surface area contributed by atoms with Gasteiger partial charge in [0.25, 0.3) is 11.6 Å². The normalized spacial score (nSPS) is 12.1. The molecule has 0 saturated carbocycles. The lowest BCUT2D eigenvalue weighted by molar-refractivity contribution is -0.384. The topological polar surface area (TPSA) is 146 Å². The Morgan fingerprint density at radius 1 is 1.06 bits per heavy atom. The molecule has 0 bridgehead atoms. The van der Waals surface area contributed by atoms with Crippen molar-refractivity contribution in [3.63, 3.8) is 0 Å². The van der Waals surface area contributed by atoms with Gasteiger partial charge in [-0.15, -0.1) is 11.3 Å². The third-order valence-corrected chi connectivity index (χ3v) is 5.40. The van der Waals surface area contributed by atoms with E-state index in [1.54, 1.807) is 18.2 Å². The maximum Gasteiger partial charge on any atom is 0.348 e. The van der Waals surface area contributed by atoms with Crippen LogP contribution in [0.2, 0.25) is 0 Å². The van der Waals surface area contributed by atoms with E-state index in [1.807, 2.05) is 0 Å². The van der Waals surface area contributed by atoms with Gasteiger partial charge in [-0.3, -0.25) is 20.2 Å². The predicted octanol–water partition coefficient (Wildman–Crippen LogP) is 3.09. The number of rotatable bonds is 5. The first kappa shape index (κ1) is 21.1. The Morgan fingerprint density at radius 3 is 2.62 bits per heavy atom. The van der Waals surface area contributed by atoms with E-state index >= 15 is 0 Å². The van der Waals surface area contributed by atoms with Gasteiger partial charge in [-0.2, -0.15) is 0 Å². The summed E-state index contributed by atoms with van der Waals surface area (Å²) in [6, 6.07) is 9.63. The highest BCUT2D eigenvalue weighted by molar-refractivity contribution is 7.20. The number of hydrogen-bond acceptors (Lipinski definition) is 9. The van der Waals surface area contributed by atoms with Gasteiger partial charge in [0.2, 0.25) is 0 Å². The van der Waals surface area contributed by atoms with E-state index in [9.17, 15) is 24.5 Å². The molecule has 3 amide bonds. The number of non-ortho nitro benzene ring substituents is 1. The third-order valence-electron chi connectivity index (χ3n) is 4.30. The van der Waals surface area contributed by atoms with E-state index in [0.29, 0.717) is 40.5 Å². The maximum atomic E-state index is 12.2. The molecule has 0 fully saturated rings. The lowest BCUT2D eigenvalue weighted by atomic mass is 10.2. The minimum absolute atomic E-state index is 0.0985. The minimum atomic E-state index is -0.829. The van der Waals surface area contributed by atoms with Crippen LogP contribution in [0.5, 0.6) is 11.5 Å². The molecule has 0 atom stereocenters. The summed E-state index contributed by atoms with van der Waals surface area (Å²) in [5.41, 5.74) is 0.287. The number of nitro groups is 1. The van der Waals surface area contributed by atoms with Gasteiger partial charge < -0.3 is 19.5 Å². The number of carbonyl (C=O) groups is 3. The van der Waals surface area contributed by atoms with Crippen molar-refractivity contribution in [2.75, 3.05) is 25.1 Å². The van der Waals surface area contributed by atoms with Gasteiger partial charge in [-0.25, -0.2) is 9.59 Å². The van der Waals surface area contributed by atoms with Crippen LogP contribution in [0.25, 0.3) is 10.1 Å². The Bertz CT molecular complexity index is 1240. The van der Waals surface area contributed by atoms with E-state index in [4.69, 9.17) is 14.2 Å². The van der Waals surface area contributed by atoms with Crippen molar-refractivity contribution in [3.05, 3.63) is 57.5 Å². The Kier molecular flexibility index (Phi) is 5.85. The number of thiophene rings is 1. The fourth-order valence-corrected chi connectivity index (χ4v) is 3.83. The fraction of sp³-hybridized carbons (Fsp3) is 0.150. The van der Waals surface area contributed by atoms with Gasteiger partial charge in [-0.1, -0.05) is 0 Å². The van der Waals surface area contributed by atoms with Crippen molar-refractivity contribution in [1.82, 2.24) is 5.32 Å². The van der Waals surface area contributed by atoms with Crippen LogP contribution in [0, 0.1) is 10.1 Å². The van der Waals surface area contributed by atoms with Crippen LogP contribution in [-0.2, 0) is 9.53 Å². The van der Waals surface area contributed by atoms with Gasteiger partial charge in [-0.05, 0) is 24.3 Å². The number of nitro benzene ring substituents is 1. The highest BCUT2D eigenvalue weighted by Crippen LogP contribution is 2.32. The van der Waals surface area contributed by atoms with Gasteiger partial charge >= 0.3 is 12.0 Å². The summed E-state index contributed by atoms with van der Waals surface area (Å²) in [6.45, 7) is 0.153. The zero-order chi connectivity index (χ0) is 22.7. The first-order chi connectivity index (χ1) is 15.4. The van der Waals surface area contributed by atoms with E-state index < -0.39 is 29.4 Å². The quantitative estimate of drug-likeness (QED) is 0.338. The van der Waals surface area contributed by atoms with Crippen molar-refractivity contribution < 1.29 is 33.5 Å². The standard InChI is InChI=1S/C20H15N3O8S/c24-18(22-20(26)21-12-1-3-14-15(9-12)30-6-5-29-14)10-31-19(25)17-8-11-7-13(23(27)28)2-4-16(11)32-17/h1-4,7-9H,5-6,10H2,(H2,21,22,24,26). The van der Waals surface area contributed by atoms with Crippen LogP contribution in [-0.4, -0.2) is 42.7 Å². The van der Waals surface area contributed by atoms with Crippen LogP contribution in [0.1, 0.15) is 9.67 Å². The molecule has 0 unspecified atom stereocenters. The first-order valence-corrected chi connectivity index (χ1v) is 10.1. The molecule has 3 aromatic rings. The number of anilines is 1. The number of hydrogen-bond donors (Lipinski definition) is 2. The van der Waals surface area contributed by atoms with E-state index in [1.165, 1.54) is 24.3 Å². The summed E-state index contributed by atoms with van der Waals surface area (Å²) < 4.78 is 16.4. The van der Waals surface area contributed by atoms with Crippen LogP contribution in [0.3, 0.4) is 0 Å². The van der Waals surface area contributed by atoms with Crippen molar-refractivity contribution in [1.29, 1.82) is 0 Å². The third kappa shape index (κ3) is 4.75. The Balaban J connectivity index is 1.29. The average molecular weight is 457 g/mol. The summed E-state index contributed by atoms with van der Waals surface area (Å²) in [6.07, 6.45) is 0. The van der Waals surface area contributed by atoms with Crippen LogP contribution < -0.4 is 20.1 Å². The minimum Gasteiger partial charge on any atom is -0.486 e. The molecule has 12 heteroatoms. The summed E-state index contributed by atoms with van der Waals surface area (Å²) in [4.78, 5) is 46.6. The largest absolute Gasteiger partial charge is 0.486 e. The number of benzene rings is 2. The summed E-state index contributed by atoms with van der Waals surface area (Å²) in [5.74, 6) is -0.578. The number of ether oxygens (including phenoxy) is 3. The Morgan fingerprint density at radius 2 is 1.84 bits per heavy atom. The van der Waals surface area contributed by atoms with Crippen LogP contribution >= 0.6 is 11.3 Å². The average Bonchev–Trinajstić information content (AvgIpc) is 3.21. The smallest absolute Gasteiger partial charge is 0.348 e. The monoisotopic (exact) mass is 457 g/mol. The summed E-state index contributed by atoms with van der Waals surface area (Å²) in [5, 5.41) is 15.9. The van der Waals surface area contributed by atoms with Crippen LogP contribution in [0.15, 0.2) is 42.5 Å². The van der Waals surface area contributed by atoms with Gasteiger partial charge in [0.05, 0.1) is 4.92 Å². The second-order valence-corrected chi connectivity index (χ2v) is 7.61. The molecule has 2 N–H and O–H groups in total. The fourth-order valence-electron chi connectivity index (χ4n) is 2.89. The lowest BCUT2D eigenvalue weighted by Crippen LogP contribution is -2.37. The maximum absolute atomic E-state index is 12.2. The number of carbonyl (C=O) groups excluding carboxylic acids is 3. The van der Waals surface area contributed by atoms with E-state index in [0.717, 1.165) is 11.3 Å².